The Balaban J connectivity index is 1.60. The van der Waals surface area contributed by atoms with E-state index in [0.717, 1.165) is 10.9 Å². The number of ether oxygens (including phenoxy) is 1. The summed E-state index contributed by atoms with van der Waals surface area (Å²) in [5, 5.41) is 1.02. The van der Waals surface area contributed by atoms with Gasteiger partial charge in [0.1, 0.15) is 0 Å². The molecule has 2 fully saturated rings. The summed E-state index contributed by atoms with van der Waals surface area (Å²) >= 11 is 0. The van der Waals surface area contributed by atoms with Crippen LogP contribution in [0.2, 0.25) is 0 Å². The summed E-state index contributed by atoms with van der Waals surface area (Å²) in [5.41, 5.74) is 0.983. The van der Waals surface area contributed by atoms with Crippen LogP contribution < -0.4 is 0 Å². The van der Waals surface area contributed by atoms with Gasteiger partial charge in [-0.3, -0.25) is 4.79 Å². The fourth-order valence-corrected chi connectivity index (χ4v) is 3.46. The number of H-pyrrole nitrogens is 1. The monoisotopic (exact) mass is 299 g/mol. The molecule has 0 radical (unpaired) electrons. The van der Waals surface area contributed by atoms with Crippen molar-refractivity contribution >= 4 is 22.9 Å². The number of hydrogen-bond acceptors (Lipinski definition) is 3. The van der Waals surface area contributed by atoms with Crippen LogP contribution in [-0.2, 0) is 4.74 Å². The van der Waals surface area contributed by atoms with Crippen LogP contribution in [0.15, 0.2) is 30.5 Å². The van der Waals surface area contributed by atoms with E-state index >= 15 is 0 Å². The van der Waals surface area contributed by atoms with Crippen LogP contribution in [0.3, 0.4) is 0 Å². The van der Waals surface area contributed by atoms with Crippen molar-refractivity contribution in [1.29, 1.82) is 0 Å². The number of aromatic amines is 1. The summed E-state index contributed by atoms with van der Waals surface area (Å²) in [5.74, 6) is -0.0180. The number of aromatic nitrogens is 1. The lowest BCUT2D eigenvalue weighted by Crippen LogP contribution is -2.39. The number of nitrogens with zero attached hydrogens (tertiary/aromatic N) is 2. The molecule has 1 aromatic carbocycles. The van der Waals surface area contributed by atoms with Crippen LogP contribution in [0.25, 0.3) is 10.9 Å². The lowest BCUT2D eigenvalue weighted by molar-refractivity contribution is 0.0554. The van der Waals surface area contributed by atoms with Gasteiger partial charge in [-0.2, -0.15) is 0 Å². The quantitative estimate of drug-likeness (QED) is 0.873. The standard InChI is InChI=1S/C16H17N3O3/c1-18-9-16(22-15(18)21)6-8-19(10-16)14(20)12-4-2-3-11-5-7-17-13(11)12/h2-5,7,17H,6,8-10H2,1H3. The normalized spacial score (nSPS) is 24.5. The number of rotatable bonds is 1. The van der Waals surface area contributed by atoms with E-state index in [-0.39, 0.29) is 12.0 Å². The number of fused-ring (bicyclic) bond motifs is 1. The molecule has 2 saturated heterocycles. The molecule has 2 aliphatic rings. The molecule has 114 valence electrons. The number of carbonyl (C=O) groups excluding carboxylic acids is 2. The highest BCUT2D eigenvalue weighted by molar-refractivity contribution is 6.05. The molecule has 3 heterocycles. The third-order valence-electron chi connectivity index (χ3n) is 4.56. The van der Waals surface area contributed by atoms with Gasteiger partial charge in [-0.15, -0.1) is 0 Å². The Kier molecular flexibility index (Phi) is 2.69. The van der Waals surface area contributed by atoms with Crippen LogP contribution in [0.4, 0.5) is 4.79 Å². The smallest absolute Gasteiger partial charge is 0.410 e. The summed E-state index contributed by atoms with van der Waals surface area (Å²) in [7, 11) is 1.72. The predicted octanol–water partition coefficient (Wildman–Crippen LogP) is 1.83. The van der Waals surface area contributed by atoms with Crippen molar-refractivity contribution in [3.63, 3.8) is 0 Å². The lowest BCUT2D eigenvalue weighted by Gasteiger charge is -2.22. The number of carbonyl (C=O) groups is 2. The molecular formula is C16H17N3O3. The first-order valence-corrected chi connectivity index (χ1v) is 7.37. The lowest BCUT2D eigenvalue weighted by atomic mass is 10.0. The Morgan fingerprint density at radius 1 is 1.32 bits per heavy atom. The van der Waals surface area contributed by atoms with Gasteiger partial charge in [0.2, 0.25) is 0 Å². The fraction of sp³-hybridized carbons (Fsp3) is 0.375. The minimum atomic E-state index is -0.537. The van der Waals surface area contributed by atoms with Gasteiger partial charge in [-0.25, -0.2) is 4.79 Å². The molecule has 0 aliphatic carbocycles. The van der Waals surface area contributed by atoms with Crippen molar-refractivity contribution in [2.75, 3.05) is 26.7 Å². The third-order valence-corrected chi connectivity index (χ3v) is 4.56. The Labute approximate surface area is 127 Å². The molecule has 6 heteroatoms. The molecule has 6 nitrogen and oxygen atoms in total. The van der Waals surface area contributed by atoms with Crippen molar-refractivity contribution in [3.8, 4) is 0 Å². The molecular weight excluding hydrogens is 282 g/mol. The van der Waals surface area contributed by atoms with Crippen LogP contribution in [0.1, 0.15) is 16.8 Å². The number of amides is 2. The second-order valence-corrected chi connectivity index (χ2v) is 6.13. The van der Waals surface area contributed by atoms with Gasteiger partial charge in [0.15, 0.2) is 5.60 Å². The highest BCUT2D eigenvalue weighted by Crippen LogP contribution is 2.33. The average molecular weight is 299 g/mol. The topological polar surface area (TPSA) is 65.6 Å². The minimum absolute atomic E-state index is 0.0180. The maximum Gasteiger partial charge on any atom is 0.410 e. The van der Waals surface area contributed by atoms with Gasteiger partial charge in [-0.05, 0) is 12.1 Å². The first kappa shape index (κ1) is 13.2. The molecule has 1 aromatic heterocycles. The zero-order valence-corrected chi connectivity index (χ0v) is 12.3. The van der Waals surface area contributed by atoms with Gasteiger partial charge in [-0.1, -0.05) is 12.1 Å². The third kappa shape index (κ3) is 1.87. The van der Waals surface area contributed by atoms with E-state index in [9.17, 15) is 9.59 Å². The van der Waals surface area contributed by atoms with Crippen LogP contribution in [0.5, 0.6) is 0 Å². The molecule has 2 aromatic rings. The van der Waals surface area contributed by atoms with Crippen molar-refractivity contribution in [2.24, 2.45) is 0 Å². The second kappa shape index (κ2) is 4.50. The maximum atomic E-state index is 12.8. The van der Waals surface area contributed by atoms with Crippen molar-refractivity contribution < 1.29 is 14.3 Å². The SMILES string of the molecule is CN1CC2(CCN(C(=O)c3cccc4cc[nH]c34)C2)OC1=O. The zero-order chi connectivity index (χ0) is 15.3. The molecule has 1 N–H and O–H groups in total. The van der Waals surface area contributed by atoms with Crippen molar-refractivity contribution in [3.05, 3.63) is 36.0 Å². The number of nitrogens with one attached hydrogen (secondary N) is 1. The molecule has 0 saturated carbocycles. The summed E-state index contributed by atoms with van der Waals surface area (Å²) < 4.78 is 5.50. The van der Waals surface area contributed by atoms with E-state index in [4.69, 9.17) is 4.74 Å². The molecule has 2 aliphatic heterocycles. The second-order valence-electron chi connectivity index (χ2n) is 6.13. The molecule has 4 rings (SSSR count). The van der Waals surface area contributed by atoms with Gasteiger partial charge in [0.05, 0.1) is 24.2 Å². The Morgan fingerprint density at radius 3 is 2.95 bits per heavy atom. The highest BCUT2D eigenvalue weighted by atomic mass is 16.6. The first-order chi connectivity index (χ1) is 10.6. The Bertz CT molecular complexity index is 769. The van der Waals surface area contributed by atoms with Gasteiger partial charge >= 0.3 is 6.09 Å². The first-order valence-electron chi connectivity index (χ1n) is 7.37. The largest absolute Gasteiger partial charge is 0.439 e. The Hall–Kier alpha value is -2.50. The molecule has 2 amide bonds. The summed E-state index contributed by atoms with van der Waals surface area (Å²) in [4.78, 5) is 30.9. The maximum absolute atomic E-state index is 12.8. The van der Waals surface area contributed by atoms with Crippen molar-refractivity contribution in [2.45, 2.75) is 12.0 Å². The van der Waals surface area contributed by atoms with Gasteiger partial charge in [0, 0.05) is 31.6 Å². The van der Waals surface area contributed by atoms with Crippen LogP contribution in [-0.4, -0.2) is 59.1 Å². The van der Waals surface area contributed by atoms with Crippen LogP contribution >= 0.6 is 0 Å². The average Bonchev–Trinajstić information content (AvgIpc) is 3.18. The summed E-state index contributed by atoms with van der Waals surface area (Å²) in [6.07, 6.45) is 2.22. The molecule has 1 atom stereocenters. The van der Waals surface area contributed by atoms with E-state index in [1.165, 1.54) is 0 Å². The minimum Gasteiger partial charge on any atom is -0.439 e. The van der Waals surface area contributed by atoms with E-state index in [1.54, 1.807) is 16.8 Å². The number of benzene rings is 1. The Morgan fingerprint density at radius 2 is 2.18 bits per heavy atom. The molecule has 22 heavy (non-hydrogen) atoms. The van der Waals surface area contributed by atoms with E-state index < -0.39 is 5.60 Å². The highest BCUT2D eigenvalue weighted by Gasteiger charge is 2.49. The zero-order valence-electron chi connectivity index (χ0n) is 12.3. The number of para-hydroxylation sites is 1. The predicted molar refractivity (Wildman–Crippen MR) is 80.7 cm³/mol. The van der Waals surface area contributed by atoms with Gasteiger partial charge < -0.3 is 19.5 Å². The summed E-state index contributed by atoms with van der Waals surface area (Å²) in [6.45, 7) is 1.61. The van der Waals surface area contributed by atoms with E-state index in [1.807, 2.05) is 30.5 Å². The van der Waals surface area contributed by atoms with E-state index in [2.05, 4.69) is 4.98 Å². The fourth-order valence-electron chi connectivity index (χ4n) is 3.46. The van der Waals surface area contributed by atoms with Gasteiger partial charge in [0.25, 0.3) is 5.91 Å². The molecule has 0 bridgehead atoms. The number of likely N-dealkylation sites (N-methyl/N-ethyl adjacent to an activating group) is 1. The molecule has 1 spiro atoms. The number of likely N-dealkylation sites (tertiary alicyclic amines) is 1. The molecule has 1 unspecified atom stereocenters. The number of hydrogen-bond donors (Lipinski definition) is 1. The van der Waals surface area contributed by atoms with Crippen LogP contribution in [0, 0.1) is 0 Å². The van der Waals surface area contributed by atoms with E-state index in [0.29, 0.717) is 31.6 Å². The summed E-state index contributed by atoms with van der Waals surface area (Å²) in [6, 6.07) is 7.64. The van der Waals surface area contributed by atoms with Crippen molar-refractivity contribution in [1.82, 2.24) is 14.8 Å².